The third-order valence-corrected chi connectivity index (χ3v) is 6.78. The van der Waals surface area contributed by atoms with Crippen molar-refractivity contribution < 1.29 is 23.9 Å². The summed E-state index contributed by atoms with van der Waals surface area (Å²) < 4.78 is 21.1. The van der Waals surface area contributed by atoms with Gasteiger partial charge in [0.2, 0.25) is 11.8 Å². The Hall–Kier alpha value is -4.37. The van der Waals surface area contributed by atoms with Crippen molar-refractivity contribution in [2.24, 2.45) is 5.92 Å². The number of ether oxygens (including phenoxy) is 1. The lowest BCUT2D eigenvalue weighted by atomic mass is 9.91. The summed E-state index contributed by atoms with van der Waals surface area (Å²) in [4.78, 5) is 35.2. The van der Waals surface area contributed by atoms with E-state index in [1.54, 1.807) is 38.0 Å². The van der Waals surface area contributed by atoms with E-state index < -0.39 is 23.1 Å². The number of hydrogen-bond acceptors (Lipinski definition) is 6. The zero-order valence-corrected chi connectivity index (χ0v) is 20.3. The van der Waals surface area contributed by atoms with E-state index in [4.69, 9.17) is 14.9 Å². The van der Waals surface area contributed by atoms with Gasteiger partial charge in [0.25, 0.3) is 0 Å². The summed E-state index contributed by atoms with van der Waals surface area (Å²) in [5.74, 6) is -2.42. The number of nitrogens with zero attached hydrogens (tertiary/aromatic N) is 3. The maximum Gasteiger partial charge on any atom is 0.247 e. The number of hydrogen-bond donors (Lipinski definition) is 2. The predicted molar refractivity (Wildman–Crippen MR) is 134 cm³/mol. The third-order valence-electron chi connectivity index (χ3n) is 6.78. The predicted octanol–water partition coefficient (Wildman–Crippen LogP) is 3.87. The average molecular weight is 501 g/mol. The van der Waals surface area contributed by atoms with Crippen LogP contribution in [0.5, 0.6) is 5.75 Å². The highest BCUT2D eigenvalue weighted by Gasteiger charge is 2.65. The number of nitrogens with one attached hydrogen (secondary N) is 1. The van der Waals surface area contributed by atoms with Gasteiger partial charge in [-0.15, -0.1) is 0 Å². The quantitative estimate of drug-likeness (QED) is 0.295. The zero-order chi connectivity index (χ0) is 26.2. The Morgan fingerprint density at radius 3 is 2.59 bits per heavy atom. The van der Waals surface area contributed by atoms with E-state index in [1.165, 1.54) is 17.0 Å². The SMILES string of the molecule is CN(C)C(=O)[C@@]1(c2ccc(OCc3cc(-c4ccncc4)nc4ccccc34)c(F)c2)C[C@@H]1C(=O)NO. The van der Waals surface area contributed by atoms with E-state index in [9.17, 15) is 9.59 Å². The lowest BCUT2D eigenvalue weighted by Crippen LogP contribution is -2.38. The molecular formula is C28H25FN4O4. The number of fused-ring (bicyclic) bond motifs is 1. The molecule has 2 aromatic heterocycles. The molecule has 2 aromatic carbocycles. The van der Waals surface area contributed by atoms with E-state index in [1.807, 2.05) is 42.5 Å². The Morgan fingerprint density at radius 2 is 1.89 bits per heavy atom. The van der Waals surface area contributed by atoms with Crippen LogP contribution in [0.25, 0.3) is 22.2 Å². The van der Waals surface area contributed by atoms with Crippen molar-refractivity contribution >= 4 is 22.7 Å². The summed E-state index contributed by atoms with van der Waals surface area (Å²) >= 11 is 0. The molecule has 0 unspecified atom stereocenters. The molecule has 2 amide bonds. The van der Waals surface area contributed by atoms with E-state index in [0.717, 1.165) is 27.7 Å². The molecule has 188 valence electrons. The highest BCUT2D eigenvalue weighted by atomic mass is 19.1. The Bertz CT molecular complexity index is 1490. The molecule has 5 rings (SSSR count). The minimum atomic E-state index is -1.23. The summed E-state index contributed by atoms with van der Waals surface area (Å²) in [5.41, 5.74) is 4.02. The number of likely N-dealkylation sites (N-methyl/N-ethyl adjacent to an activating group) is 1. The number of pyridine rings is 2. The van der Waals surface area contributed by atoms with Gasteiger partial charge in [0.15, 0.2) is 11.6 Å². The van der Waals surface area contributed by atoms with Crippen LogP contribution in [0.2, 0.25) is 0 Å². The first kappa shape index (κ1) is 24.3. The molecule has 9 heteroatoms. The largest absolute Gasteiger partial charge is 0.486 e. The van der Waals surface area contributed by atoms with Crippen LogP contribution in [0.1, 0.15) is 17.5 Å². The van der Waals surface area contributed by atoms with Gasteiger partial charge < -0.3 is 9.64 Å². The summed E-state index contributed by atoms with van der Waals surface area (Å²) in [6, 6.07) is 17.6. The molecule has 0 aliphatic heterocycles. The molecule has 0 spiro atoms. The van der Waals surface area contributed by atoms with E-state index in [-0.39, 0.29) is 24.7 Å². The molecule has 1 aliphatic rings. The molecule has 1 aliphatic carbocycles. The number of benzene rings is 2. The monoisotopic (exact) mass is 500 g/mol. The van der Waals surface area contributed by atoms with Crippen molar-refractivity contribution in [3.05, 3.63) is 90.0 Å². The second-order valence-corrected chi connectivity index (χ2v) is 9.26. The number of halogens is 1. The van der Waals surface area contributed by atoms with Crippen LogP contribution in [-0.2, 0) is 21.6 Å². The van der Waals surface area contributed by atoms with Crippen LogP contribution in [0.4, 0.5) is 4.39 Å². The van der Waals surface area contributed by atoms with Crippen molar-refractivity contribution in [2.45, 2.75) is 18.4 Å². The van der Waals surface area contributed by atoms with Gasteiger partial charge in [0, 0.05) is 43.0 Å². The zero-order valence-electron chi connectivity index (χ0n) is 20.3. The van der Waals surface area contributed by atoms with Crippen LogP contribution in [0.3, 0.4) is 0 Å². The minimum absolute atomic E-state index is 0.0198. The standard InChI is InChI=1S/C28H25FN4O4/c1-33(2)27(35)28(15-21(28)26(34)32-36)19-7-8-25(22(29)14-19)37-16-18-13-24(17-9-11-30-12-10-17)31-23-6-4-3-5-20(18)23/h3-14,21,36H,15-16H2,1-2H3,(H,32,34)/t21-,28-/m1/s1. The van der Waals surface area contributed by atoms with Crippen LogP contribution in [0.15, 0.2) is 73.1 Å². The van der Waals surface area contributed by atoms with Crippen molar-refractivity contribution in [3.8, 4) is 17.0 Å². The molecule has 37 heavy (non-hydrogen) atoms. The Kier molecular flexibility index (Phi) is 6.31. The summed E-state index contributed by atoms with van der Waals surface area (Å²) in [6.45, 7) is 0.0920. The molecule has 8 nitrogen and oxygen atoms in total. The first-order valence-electron chi connectivity index (χ1n) is 11.7. The smallest absolute Gasteiger partial charge is 0.247 e. The number of rotatable bonds is 7. The number of hydroxylamine groups is 1. The molecule has 0 bridgehead atoms. The van der Waals surface area contributed by atoms with E-state index in [2.05, 4.69) is 4.98 Å². The molecule has 0 saturated heterocycles. The van der Waals surface area contributed by atoms with Gasteiger partial charge >= 0.3 is 0 Å². The average Bonchev–Trinajstić information content (AvgIpc) is 3.68. The number of carbonyl (C=O) groups is 2. The fourth-order valence-electron chi connectivity index (χ4n) is 4.82. The van der Waals surface area contributed by atoms with Crippen molar-refractivity contribution in [1.29, 1.82) is 0 Å². The molecule has 4 aromatic rings. The summed E-state index contributed by atoms with van der Waals surface area (Å²) in [7, 11) is 3.15. The number of para-hydroxylation sites is 1. The molecule has 2 heterocycles. The van der Waals surface area contributed by atoms with Gasteiger partial charge in [-0.05, 0) is 48.4 Å². The molecule has 2 N–H and O–H groups in total. The van der Waals surface area contributed by atoms with Crippen LogP contribution in [0, 0.1) is 11.7 Å². The Labute approximate surface area is 212 Å². The normalized spacial score (nSPS) is 18.3. The lowest BCUT2D eigenvalue weighted by molar-refractivity contribution is -0.136. The van der Waals surface area contributed by atoms with Crippen LogP contribution in [-0.4, -0.2) is 46.0 Å². The fraction of sp³-hybridized carbons (Fsp3) is 0.214. The van der Waals surface area contributed by atoms with Gasteiger partial charge in [-0.2, -0.15) is 0 Å². The van der Waals surface area contributed by atoms with Crippen molar-refractivity contribution in [3.63, 3.8) is 0 Å². The van der Waals surface area contributed by atoms with E-state index >= 15 is 4.39 Å². The maximum atomic E-state index is 15.2. The van der Waals surface area contributed by atoms with Crippen LogP contribution >= 0.6 is 0 Å². The van der Waals surface area contributed by atoms with Crippen molar-refractivity contribution in [2.75, 3.05) is 14.1 Å². The number of carbonyl (C=O) groups excluding carboxylic acids is 2. The van der Waals surface area contributed by atoms with Gasteiger partial charge in [-0.3, -0.25) is 19.8 Å². The molecule has 1 saturated carbocycles. The van der Waals surface area contributed by atoms with Crippen LogP contribution < -0.4 is 10.2 Å². The number of aromatic nitrogens is 2. The highest BCUT2D eigenvalue weighted by molar-refractivity contribution is 6.00. The minimum Gasteiger partial charge on any atom is -0.486 e. The van der Waals surface area contributed by atoms with E-state index in [0.29, 0.717) is 5.56 Å². The molecular weight excluding hydrogens is 475 g/mol. The summed E-state index contributed by atoms with van der Waals surface area (Å²) in [6.07, 6.45) is 3.57. The summed E-state index contributed by atoms with van der Waals surface area (Å²) in [5, 5.41) is 9.96. The topological polar surface area (TPSA) is 105 Å². The second kappa shape index (κ2) is 9.59. The highest BCUT2D eigenvalue weighted by Crippen LogP contribution is 2.55. The Morgan fingerprint density at radius 1 is 1.14 bits per heavy atom. The van der Waals surface area contributed by atoms with Gasteiger partial charge in [-0.25, -0.2) is 14.9 Å². The third kappa shape index (κ3) is 4.38. The number of amides is 2. The van der Waals surface area contributed by atoms with Crippen molar-refractivity contribution in [1.82, 2.24) is 20.3 Å². The fourth-order valence-corrected chi connectivity index (χ4v) is 4.82. The second-order valence-electron chi connectivity index (χ2n) is 9.26. The molecule has 1 fully saturated rings. The van der Waals surface area contributed by atoms with Gasteiger partial charge in [0.05, 0.1) is 22.5 Å². The Balaban J connectivity index is 1.44. The first-order chi connectivity index (χ1) is 17.8. The first-order valence-corrected chi connectivity index (χ1v) is 11.7. The van der Waals surface area contributed by atoms with Gasteiger partial charge in [0.1, 0.15) is 6.61 Å². The van der Waals surface area contributed by atoms with Gasteiger partial charge in [-0.1, -0.05) is 24.3 Å². The molecule has 2 atom stereocenters. The lowest BCUT2D eigenvalue weighted by Gasteiger charge is -2.22. The maximum absolute atomic E-state index is 15.2. The molecule has 0 radical (unpaired) electrons.